The summed E-state index contributed by atoms with van der Waals surface area (Å²) in [6, 6.07) is 0. The van der Waals surface area contributed by atoms with Crippen molar-refractivity contribution in [2.45, 2.75) is 6.92 Å². The predicted molar refractivity (Wildman–Crippen MR) is 49.3 cm³/mol. The molecule has 0 fully saturated rings. The predicted octanol–water partition coefficient (Wildman–Crippen LogP) is 0.829. The Morgan fingerprint density at radius 3 is 2.33 bits per heavy atom. The van der Waals surface area contributed by atoms with Crippen LogP contribution in [0.1, 0.15) is 6.92 Å². The molecule has 0 aliphatic heterocycles. The summed E-state index contributed by atoms with van der Waals surface area (Å²) in [6.45, 7) is 6.28. The summed E-state index contributed by atoms with van der Waals surface area (Å²) in [7, 11) is 3.85. The highest BCUT2D eigenvalue weighted by Gasteiger charge is 2.01. The second kappa shape index (κ2) is 6.82. The van der Waals surface area contributed by atoms with Crippen molar-refractivity contribution in [2.75, 3.05) is 27.2 Å². The van der Waals surface area contributed by atoms with Gasteiger partial charge in [0.25, 0.3) is 0 Å². The maximum atomic E-state index is 10.8. The first-order chi connectivity index (χ1) is 5.04. The minimum absolute atomic E-state index is 0. The van der Waals surface area contributed by atoms with E-state index in [-0.39, 0.29) is 12.1 Å². The fraction of sp³-hybridized carbons (Fsp3) is 0.625. The second-order valence-corrected chi connectivity index (χ2v) is 2.72. The van der Waals surface area contributed by atoms with E-state index in [0.29, 0.717) is 12.2 Å². The average Bonchev–Trinajstić information content (AvgIpc) is 1.86. The van der Waals surface area contributed by atoms with Crippen LogP contribution in [0, 0.1) is 0 Å². The number of ether oxygens (including phenoxy) is 1. The van der Waals surface area contributed by atoms with E-state index < -0.39 is 0 Å². The van der Waals surface area contributed by atoms with E-state index >= 15 is 0 Å². The third-order valence-electron chi connectivity index (χ3n) is 1.12. The van der Waals surface area contributed by atoms with Crippen LogP contribution >= 0.6 is 0 Å². The number of esters is 1. The highest BCUT2D eigenvalue weighted by molar-refractivity contribution is 5.86. The van der Waals surface area contributed by atoms with Gasteiger partial charge in [0, 0.05) is 12.1 Å². The van der Waals surface area contributed by atoms with Gasteiger partial charge in [-0.2, -0.15) is 0 Å². The lowest BCUT2D eigenvalue weighted by molar-refractivity contribution is -0.139. The first-order valence-electron chi connectivity index (χ1n) is 3.51. The smallest absolute Gasteiger partial charge is 0.333 e. The minimum Gasteiger partial charge on any atom is -0.461 e. The second-order valence-electron chi connectivity index (χ2n) is 2.72. The highest BCUT2D eigenvalue weighted by Crippen LogP contribution is 1.91. The van der Waals surface area contributed by atoms with E-state index in [2.05, 4.69) is 6.58 Å². The molecule has 0 bridgehead atoms. The number of carbonyl (C=O) groups excluding carboxylic acids is 1. The molecule has 0 amide bonds. The van der Waals surface area contributed by atoms with E-state index in [0.717, 1.165) is 6.54 Å². The molecule has 0 heterocycles. The summed E-state index contributed by atoms with van der Waals surface area (Å²) in [5, 5.41) is 0. The summed E-state index contributed by atoms with van der Waals surface area (Å²) in [4.78, 5) is 12.7. The monoisotopic (exact) mass is 174 g/mol. The van der Waals surface area contributed by atoms with Gasteiger partial charge in [0.15, 0.2) is 0 Å². The average molecular weight is 174 g/mol. The Morgan fingerprint density at radius 2 is 2.00 bits per heavy atom. The molecule has 0 aromatic carbocycles. The Balaban J connectivity index is 0. The topological polar surface area (TPSA) is 64.5 Å². The molecule has 0 unspecified atom stereocenters. The SMILES string of the molecule is C=C(C)C(=O)OCCN(C)C.N. The first kappa shape index (κ1) is 13.7. The number of hydrogen-bond donors (Lipinski definition) is 1. The molecule has 0 aliphatic carbocycles. The van der Waals surface area contributed by atoms with Crippen molar-refractivity contribution in [1.82, 2.24) is 11.1 Å². The molecule has 4 heteroatoms. The lowest BCUT2D eigenvalue weighted by Gasteiger charge is -2.09. The van der Waals surface area contributed by atoms with Crippen molar-refractivity contribution < 1.29 is 9.53 Å². The van der Waals surface area contributed by atoms with E-state index in [1.165, 1.54) is 0 Å². The standard InChI is InChI=1S/C8H15NO2.H3N/c1-7(2)8(10)11-6-5-9(3)4;/h1,5-6H2,2-4H3;1H3. The number of likely N-dealkylation sites (N-methyl/N-ethyl adjacent to an activating group) is 1. The Labute approximate surface area is 73.8 Å². The van der Waals surface area contributed by atoms with Gasteiger partial charge in [-0.25, -0.2) is 4.79 Å². The van der Waals surface area contributed by atoms with Crippen LogP contribution in [0.2, 0.25) is 0 Å². The highest BCUT2D eigenvalue weighted by atomic mass is 16.5. The maximum absolute atomic E-state index is 10.8. The van der Waals surface area contributed by atoms with Crippen molar-refractivity contribution in [2.24, 2.45) is 0 Å². The number of carbonyl (C=O) groups is 1. The molecule has 0 atom stereocenters. The number of hydrogen-bond acceptors (Lipinski definition) is 4. The van der Waals surface area contributed by atoms with Gasteiger partial charge in [-0.05, 0) is 21.0 Å². The molecule has 0 aromatic rings. The molecule has 0 aromatic heterocycles. The summed E-state index contributed by atoms with van der Waals surface area (Å²) in [5.74, 6) is -0.313. The van der Waals surface area contributed by atoms with E-state index in [4.69, 9.17) is 4.74 Å². The largest absolute Gasteiger partial charge is 0.461 e. The van der Waals surface area contributed by atoms with Crippen molar-refractivity contribution in [1.29, 1.82) is 0 Å². The Kier molecular flexibility index (Phi) is 7.78. The van der Waals surface area contributed by atoms with Crippen molar-refractivity contribution in [3.05, 3.63) is 12.2 Å². The van der Waals surface area contributed by atoms with Gasteiger partial charge in [0.1, 0.15) is 6.61 Å². The zero-order valence-electron chi connectivity index (χ0n) is 8.09. The Morgan fingerprint density at radius 1 is 1.50 bits per heavy atom. The molecular weight excluding hydrogens is 156 g/mol. The van der Waals surface area contributed by atoms with Crippen molar-refractivity contribution in [3.63, 3.8) is 0 Å². The zero-order chi connectivity index (χ0) is 8.85. The molecule has 12 heavy (non-hydrogen) atoms. The van der Waals surface area contributed by atoms with E-state index in [1.807, 2.05) is 19.0 Å². The van der Waals surface area contributed by atoms with Crippen LogP contribution in [0.5, 0.6) is 0 Å². The summed E-state index contributed by atoms with van der Waals surface area (Å²) < 4.78 is 4.83. The number of rotatable bonds is 4. The molecule has 0 rings (SSSR count). The van der Waals surface area contributed by atoms with Gasteiger partial charge in [-0.3, -0.25) is 0 Å². The van der Waals surface area contributed by atoms with Crippen LogP contribution < -0.4 is 6.15 Å². The molecule has 0 saturated heterocycles. The molecule has 0 radical (unpaired) electrons. The summed E-state index contributed by atoms with van der Waals surface area (Å²) in [6.07, 6.45) is 0. The van der Waals surface area contributed by atoms with Crippen LogP contribution in [0.25, 0.3) is 0 Å². The third-order valence-corrected chi connectivity index (χ3v) is 1.12. The summed E-state index contributed by atoms with van der Waals surface area (Å²) >= 11 is 0. The zero-order valence-corrected chi connectivity index (χ0v) is 8.09. The third kappa shape index (κ3) is 7.24. The van der Waals surface area contributed by atoms with Gasteiger partial charge in [-0.15, -0.1) is 0 Å². The van der Waals surface area contributed by atoms with Gasteiger partial charge >= 0.3 is 5.97 Å². The van der Waals surface area contributed by atoms with Crippen molar-refractivity contribution >= 4 is 5.97 Å². The molecule has 3 N–H and O–H groups in total. The quantitative estimate of drug-likeness (QED) is 0.506. The van der Waals surface area contributed by atoms with Gasteiger partial charge in [0.2, 0.25) is 0 Å². The molecular formula is C8H18N2O2. The Hall–Kier alpha value is -0.870. The molecule has 0 aliphatic rings. The van der Waals surface area contributed by atoms with Crippen LogP contribution in [0.15, 0.2) is 12.2 Å². The molecule has 4 nitrogen and oxygen atoms in total. The van der Waals surface area contributed by atoms with Crippen molar-refractivity contribution in [3.8, 4) is 0 Å². The fourth-order valence-corrected chi connectivity index (χ4v) is 0.444. The van der Waals surface area contributed by atoms with Crippen LogP contribution in [-0.4, -0.2) is 38.1 Å². The molecule has 0 spiro atoms. The molecule has 0 saturated carbocycles. The lowest BCUT2D eigenvalue weighted by Crippen LogP contribution is -2.20. The van der Waals surface area contributed by atoms with Gasteiger partial charge < -0.3 is 15.8 Å². The van der Waals surface area contributed by atoms with Gasteiger partial charge in [0.05, 0.1) is 0 Å². The van der Waals surface area contributed by atoms with E-state index in [1.54, 1.807) is 6.92 Å². The number of nitrogens with zero attached hydrogens (tertiary/aromatic N) is 1. The minimum atomic E-state index is -0.313. The maximum Gasteiger partial charge on any atom is 0.333 e. The first-order valence-corrected chi connectivity index (χ1v) is 3.51. The summed E-state index contributed by atoms with van der Waals surface area (Å²) in [5.41, 5.74) is 0.448. The molecule has 72 valence electrons. The fourth-order valence-electron chi connectivity index (χ4n) is 0.444. The van der Waals surface area contributed by atoms with E-state index in [9.17, 15) is 4.79 Å². The normalized spacial score (nSPS) is 9.00. The van der Waals surface area contributed by atoms with Crippen LogP contribution in [-0.2, 0) is 9.53 Å². The van der Waals surface area contributed by atoms with Gasteiger partial charge in [-0.1, -0.05) is 6.58 Å². The Bertz CT molecular complexity index is 155. The van der Waals surface area contributed by atoms with Crippen LogP contribution in [0.3, 0.4) is 0 Å². The van der Waals surface area contributed by atoms with Crippen LogP contribution in [0.4, 0.5) is 0 Å². The lowest BCUT2D eigenvalue weighted by atomic mass is 10.4.